The molecule has 0 atom stereocenters. The fourth-order valence-electron chi connectivity index (χ4n) is 3.34. The van der Waals surface area contributed by atoms with Crippen molar-refractivity contribution in [2.24, 2.45) is 0 Å². The molecule has 4 heterocycles. The Morgan fingerprint density at radius 2 is 2.06 bits per heavy atom. The molecular weight excluding hydrogens is 448 g/mol. The largest absolute Gasteiger partial charge is 0.481 e. The molecule has 0 aliphatic carbocycles. The van der Waals surface area contributed by atoms with E-state index in [1.54, 1.807) is 42.6 Å². The van der Waals surface area contributed by atoms with Crippen LogP contribution in [-0.4, -0.2) is 64.8 Å². The van der Waals surface area contributed by atoms with Crippen molar-refractivity contribution in [2.45, 2.75) is 13.0 Å². The van der Waals surface area contributed by atoms with Crippen molar-refractivity contribution in [3.63, 3.8) is 0 Å². The molecule has 1 N–H and O–H groups in total. The van der Waals surface area contributed by atoms with Crippen LogP contribution in [0, 0.1) is 0 Å². The summed E-state index contributed by atoms with van der Waals surface area (Å²) < 4.78 is 16.1. The van der Waals surface area contributed by atoms with Gasteiger partial charge in [-0.25, -0.2) is 19.7 Å². The predicted octanol–water partition coefficient (Wildman–Crippen LogP) is 3.21. The molecule has 1 aliphatic rings. The van der Waals surface area contributed by atoms with Crippen LogP contribution in [0.5, 0.6) is 11.8 Å². The van der Waals surface area contributed by atoms with Crippen LogP contribution in [0.2, 0.25) is 5.15 Å². The molecule has 0 radical (unpaired) electrons. The number of carbonyl (C=O) groups is 1. The first-order valence-corrected chi connectivity index (χ1v) is 10.6. The number of hydrogen-bond acceptors (Lipinski definition) is 8. The van der Waals surface area contributed by atoms with E-state index in [4.69, 9.17) is 30.8 Å². The number of hydrogen-bond donors (Lipinski definition) is 1. The van der Waals surface area contributed by atoms with Crippen LogP contribution in [0.4, 0.5) is 10.5 Å². The van der Waals surface area contributed by atoms with Gasteiger partial charge in [0.1, 0.15) is 11.8 Å². The summed E-state index contributed by atoms with van der Waals surface area (Å²) in [5, 5.41) is 3.27. The number of halogens is 1. The third-order valence-electron chi connectivity index (χ3n) is 5.02. The maximum atomic E-state index is 12.9. The molecule has 0 spiro atoms. The van der Waals surface area contributed by atoms with Gasteiger partial charge < -0.3 is 24.4 Å². The Bertz CT molecular complexity index is 1130. The molecule has 0 aromatic carbocycles. The molecule has 0 unspecified atom stereocenters. The third-order valence-corrected chi connectivity index (χ3v) is 5.24. The Morgan fingerprint density at radius 1 is 1.18 bits per heavy atom. The molecule has 3 aromatic heterocycles. The average Bonchev–Trinajstić information content (AvgIpc) is 2.84. The predicted molar refractivity (Wildman–Crippen MR) is 122 cm³/mol. The summed E-state index contributed by atoms with van der Waals surface area (Å²) >= 11 is 5.91. The Kier molecular flexibility index (Phi) is 7.16. The van der Waals surface area contributed by atoms with Gasteiger partial charge >= 0.3 is 6.03 Å². The van der Waals surface area contributed by atoms with E-state index in [0.29, 0.717) is 61.1 Å². The number of rotatable bonds is 7. The van der Waals surface area contributed by atoms with E-state index in [0.717, 1.165) is 16.8 Å². The van der Waals surface area contributed by atoms with Gasteiger partial charge in [-0.2, -0.15) is 4.98 Å². The molecule has 0 fully saturated rings. The minimum atomic E-state index is -0.247. The molecule has 33 heavy (non-hydrogen) atoms. The van der Waals surface area contributed by atoms with Gasteiger partial charge in [0.2, 0.25) is 11.8 Å². The maximum absolute atomic E-state index is 12.9. The Hall–Kier alpha value is -3.50. The number of nitrogens with zero attached hydrogens (tertiary/aromatic N) is 5. The Balaban J connectivity index is 1.57. The van der Waals surface area contributed by atoms with E-state index >= 15 is 0 Å². The number of aromatic nitrogens is 4. The monoisotopic (exact) mass is 470 g/mol. The van der Waals surface area contributed by atoms with E-state index in [-0.39, 0.29) is 6.03 Å². The number of ether oxygens (including phenoxy) is 3. The second kappa shape index (κ2) is 10.4. The van der Waals surface area contributed by atoms with Gasteiger partial charge in [0, 0.05) is 49.8 Å². The molecule has 0 saturated carbocycles. The highest BCUT2D eigenvalue weighted by molar-refractivity contribution is 6.29. The third kappa shape index (κ3) is 5.47. The van der Waals surface area contributed by atoms with E-state index in [1.165, 1.54) is 7.11 Å². The summed E-state index contributed by atoms with van der Waals surface area (Å²) in [5.41, 5.74) is 2.92. The average molecular weight is 471 g/mol. The number of methoxy groups -OCH3 is 2. The number of pyridine rings is 2. The summed E-state index contributed by atoms with van der Waals surface area (Å²) in [6.45, 7) is 1.53. The molecule has 2 amide bonds. The molecule has 11 heteroatoms. The van der Waals surface area contributed by atoms with E-state index in [1.807, 2.05) is 6.07 Å². The topological polar surface area (TPSA) is 112 Å². The first-order chi connectivity index (χ1) is 16.1. The smallest absolute Gasteiger partial charge is 0.322 e. The quantitative estimate of drug-likeness (QED) is 0.414. The van der Waals surface area contributed by atoms with Crippen molar-refractivity contribution in [1.29, 1.82) is 0 Å². The minimum absolute atomic E-state index is 0.247. The number of fused-ring (bicyclic) bond motifs is 1. The molecular formula is C22H23ClN6O4. The fourth-order valence-corrected chi connectivity index (χ4v) is 3.45. The second-order valence-electron chi connectivity index (χ2n) is 7.18. The molecule has 10 nitrogen and oxygen atoms in total. The first-order valence-electron chi connectivity index (χ1n) is 10.3. The standard InChI is InChI=1S/C22H23ClN6O4/c1-31-9-10-33-21-16-13-29(22(30)26-15-5-7-24-19(11-15)32-2)8-6-17(16)27-20(28-21)14-3-4-18(23)25-12-14/h3-5,7,11-12H,6,8-10,13H2,1-2H3,(H,24,26,30). The van der Waals surface area contributed by atoms with Crippen LogP contribution in [-0.2, 0) is 17.7 Å². The normalized spacial score (nSPS) is 12.8. The van der Waals surface area contributed by atoms with Gasteiger partial charge in [-0.1, -0.05) is 11.6 Å². The lowest BCUT2D eigenvalue weighted by Crippen LogP contribution is -2.39. The summed E-state index contributed by atoms with van der Waals surface area (Å²) in [7, 11) is 3.12. The van der Waals surface area contributed by atoms with Gasteiger partial charge in [-0.05, 0) is 18.2 Å². The highest BCUT2D eigenvalue weighted by atomic mass is 35.5. The highest BCUT2D eigenvalue weighted by Crippen LogP contribution is 2.29. The zero-order chi connectivity index (χ0) is 23.2. The lowest BCUT2D eigenvalue weighted by atomic mass is 10.1. The van der Waals surface area contributed by atoms with Crippen LogP contribution in [0.1, 0.15) is 11.3 Å². The van der Waals surface area contributed by atoms with Crippen molar-refractivity contribution < 1.29 is 19.0 Å². The molecule has 4 rings (SSSR count). The van der Waals surface area contributed by atoms with Crippen LogP contribution < -0.4 is 14.8 Å². The summed E-state index contributed by atoms with van der Waals surface area (Å²) in [6.07, 6.45) is 3.75. The van der Waals surface area contributed by atoms with Gasteiger partial charge in [0.15, 0.2) is 5.82 Å². The lowest BCUT2D eigenvalue weighted by molar-refractivity contribution is 0.141. The summed E-state index contributed by atoms with van der Waals surface area (Å²) in [6, 6.07) is 6.60. The van der Waals surface area contributed by atoms with Crippen LogP contribution >= 0.6 is 11.6 Å². The van der Waals surface area contributed by atoms with Crippen molar-refractivity contribution in [1.82, 2.24) is 24.8 Å². The van der Waals surface area contributed by atoms with Crippen molar-refractivity contribution in [2.75, 3.05) is 39.3 Å². The number of nitrogens with one attached hydrogen (secondary N) is 1. The van der Waals surface area contributed by atoms with Crippen molar-refractivity contribution in [3.05, 3.63) is 53.1 Å². The Labute approximate surface area is 195 Å². The molecule has 0 bridgehead atoms. The van der Waals surface area contributed by atoms with E-state index in [9.17, 15) is 4.79 Å². The lowest BCUT2D eigenvalue weighted by Gasteiger charge is -2.29. The van der Waals surface area contributed by atoms with Crippen LogP contribution in [0.3, 0.4) is 0 Å². The SMILES string of the molecule is COCCOc1nc(-c2ccc(Cl)nc2)nc2c1CN(C(=O)Nc1ccnc(OC)c1)CC2. The second-order valence-corrected chi connectivity index (χ2v) is 7.56. The zero-order valence-corrected chi connectivity index (χ0v) is 19.0. The van der Waals surface area contributed by atoms with E-state index in [2.05, 4.69) is 20.3 Å². The number of urea groups is 1. The fraction of sp³-hybridized carbons (Fsp3) is 0.318. The number of amides is 2. The Morgan fingerprint density at radius 3 is 2.82 bits per heavy atom. The highest BCUT2D eigenvalue weighted by Gasteiger charge is 2.27. The molecule has 3 aromatic rings. The van der Waals surface area contributed by atoms with Gasteiger partial charge in [-0.15, -0.1) is 0 Å². The minimum Gasteiger partial charge on any atom is -0.481 e. The molecule has 172 valence electrons. The number of anilines is 1. The first kappa shape index (κ1) is 22.7. The van der Waals surface area contributed by atoms with Crippen LogP contribution in [0.25, 0.3) is 11.4 Å². The molecule has 0 saturated heterocycles. The van der Waals surface area contributed by atoms with E-state index < -0.39 is 0 Å². The van der Waals surface area contributed by atoms with Gasteiger partial charge in [0.25, 0.3) is 0 Å². The number of carbonyl (C=O) groups excluding carboxylic acids is 1. The van der Waals surface area contributed by atoms with Crippen LogP contribution in [0.15, 0.2) is 36.7 Å². The summed E-state index contributed by atoms with van der Waals surface area (Å²) in [4.78, 5) is 32.1. The zero-order valence-electron chi connectivity index (χ0n) is 18.2. The van der Waals surface area contributed by atoms with Crippen molar-refractivity contribution >= 4 is 23.3 Å². The summed E-state index contributed by atoms with van der Waals surface area (Å²) in [5.74, 6) is 1.33. The maximum Gasteiger partial charge on any atom is 0.322 e. The van der Waals surface area contributed by atoms with Crippen molar-refractivity contribution in [3.8, 4) is 23.1 Å². The molecule has 1 aliphatic heterocycles. The van der Waals surface area contributed by atoms with Gasteiger partial charge in [-0.3, -0.25) is 0 Å². The van der Waals surface area contributed by atoms with Gasteiger partial charge in [0.05, 0.1) is 31.5 Å².